The molecule has 0 radical (unpaired) electrons. The average Bonchev–Trinajstić information content (AvgIpc) is 2.77. The van der Waals surface area contributed by atoms with Gasteiger partial charge in [-0.05, 0) is 37.0 Å². The van der Waals surface area contributed by atoms with Crippen LogP contribution >= 0.6 is 0 Å². The second kappa shape index (κ2) is 9.41. The number of hydrogen-bond donors (Lipinski definition) is 1. The number of benzene rings is 2. The Kier molecular flexibility index (Phi) is 6.67. The van der Waals surface area contributed by atoms with Gasteiger partial charge in [-0.2, -0.15) is 0 Å². The van der Waals surface area contributed by atoms with E-state index in [-0.39, 0.29) is 22.4 Å². The molecule has 11 heteroatoms. The standard InChI is InChI=1S/C21H22N4O7/c1-13-6-8-23(9-7-13)18-5-4-16(24(28)29)11-17(18)21(27)32-12-15-3-2-14(20(22)26)10-19(15)25(30)31/h2-5,10-11,13H,6-9,12H2,1H3,(H2,22,26). The number of nitrogens with zero attached hydrogens (tertiary/aromatic N) is 3. The number of rotatable bonds is 7. The Morgan fingerprint density at radius 3 is 2.38 bits per heavy atom. The summed E-state index contributed by atoms with van der Waals surface area (Å²) < 4.78 is 5.28. The molecule has 3 rings (SSSR count). The van der Waals surface area contributed by atoms with Crippen molar-refractivity contribution in [2.24, 2.45) is 11.7 Å². The summed E-state index contributed by atoms with van der Waals surface area (Å²) in [4.78, 5) is 47.4. The summed E-state index contributed by atoms with van der Waals surface area (Å²) in [7, 11) is 0. The Morgan fingerprint density at radius 2 is 1.78 bits per heavy atom. The van der Waals surface area contributed by atoms with E-state index in [1.807, 2.05) is 4.90 Å². The Bertz CT molecular complexity index is 1080. The lowest BCUT2D eigenvalue weighted by Crippen LogP contribution is -2.34. The molecule has 0 bridgehead atoms. The van der Waals surface area contributed by atoms with Crippen LogP contribution in [0.4, 0.5) is 17.1 Å². The van der Waals surface area contributed by atoms with E-state index >= 15 is 0 Å². The van der Waals surface area contributed by atoms with Crippen molar-refractivity contribution in [3.63, 3.8) is 0 Å². The van der Waals surface area contributed by atoms with Crippen LogP contribution in [0.3, 0.4) is 0 Å². The molecule has 0 aromatic heterocycles. The smallest absolute Gasteiger partial charge is 0.340 e. The number of anilines is 1. The zero-order valence-corrected chi connectivity index (χ0v) is 17.4. The first-order valence-electron chi connectivity index (χ1n) is 9.95. The molecule has 0 aliphatic carbocycles. The summed E-state index contributed by atoms with van der Waals surface area (Å²) in [6.45, 7) is 3.07. The lowest BCUT2D eigenvalue weighted by Gasteiger charge is -2.33. The SMILES string of the molecule is CC1CCN(c2ccc([N+](=O)[O-])cc2C(=O)OCc2ccc(C(N)=O)cc2[N+](=O)[O-])CC1. The van der Waals surface area contributed by atoms with Crippen molar-refractivity contribution < 1.29 is 24.2 Å². The van der Waals surface area contributed by atoms with E-state index < -0.39 is 34.0 Å². The number of non-ortho nitro benzene ring substituents is 1. The minimum Gasteiger partial charge on any atom is -0.457 e. The molecule has 1 aliphatic rings. The quantitative estimate of drug-likeness (QED) is 0.389. The molecule has 0 saturated carbocycles. The topological polar surface area (TPSA) is 159 Å². The minimum atomic E-state index is -0.837. The summed E-state index contributed by atoms with van der Waals surface area (Å²) >= 11 is 0. The molecular formula is C21H22N4O7. The maximum absolute atomic E-state index is 12.9. The van der Waals surface area contributed by atoms with Crippen LogP contribution < -0.4 is 10.6 Å². The van der Waals surface area contributed by atoms with E-state index in [9.17, 15) is 29.8 Å². The normalized spacial score (nSPS) is 14.1. The van der Waals surface area contributed by atoms with Crippen molar-refractivity contribution >= 4 is 28.9 Å². The number of primary amides is 1. The highest BCUT2D eigenvalue weighted by molar-refractivity contribution is 5.97. The third kappa shape index (κ3) is 4.99. The first-order chi connectivity index (χ1) is 15.2. The Morgan fingerprint density at radius 1 is 1.09 bits per heavy atom. The molecule has 1 saturated heterocycles. The molecule has 0 spiro atoms. The van der Waals surface area contributed by atoms with Crippen molar-refractivity contribution in [3.05, 3.63) is 73.3 Å². The van der Waals surface area contributed by atoms with Crippen molar-refractivity contribution in [1.29, 1.82) is 0 Å². The molecule has 1 amide bonds. The van der Waals surface area contributed by atoms with Crippen LogP contribution in [0.1, 0.15) is 46.0 Å². The summed E-state index contributed by atoms with van der Waals surface area (Å²) in [6, 6.07) is 7.60. The van der Waals surface area contributed by atoms with Gasteiger partial charge in [0.2, 0.25) is 5.91 Å². The number of carbonyl (C=O) groups is 2. The number of nitro groups is 2. The zero-order chi connectivity index (χ0) is 23.4. The number of piperidine rings is 1. The average molecular weight is 442 g/mol. The van der Waals surface area contributed by atoms with E-state index in [0.717, 1.165) is 25.0 Å². The number of esters is 1. The number of ether oxygens (including phenoxy) is 1. The molecule has 11 nitrogen and oxygen atoms in total. The van der Waals surface area contributed by atoms with Gasteiger partial charge in [0.1, 0.15) is 6.61 Å². The highest BCUT2D eigenvalue weighted by atomic mass is 16.6. The lowest BCUT2D eigenvalue weighted by molar-refractivity contribution is -0.385. The predicted molar refractivity (Wildman–Crippen MR) is 114 cm³/mol. The second-order valence-electron chi connectivity index (χ2n) is 7.67. The third-order valence-corrected chi connectivity index (χ3v) is 5.46. The predicted octanol–water partition coefficient (Wildman–Crippen LogP) is 3.20. The maximum atomic E-state index is 12.9. The van der Waals surface area contributed by atoms with Gasteiger partial charge >= 0.3 is 5.97 Å². The Balaban J connectivity index is 1.87. The van der Waals surface area contributed by atoms with Crippen molar-refractivity contribution in [1.82, 2.24) is 0 Å². The van der Waals surface area contributed by atoms with Gasteiger partial charge in [-0.25, -0.2) is 4.79 Å². The molecule has 1 aliphatic heterocycles. The maximum Gasteiger partial charge on any atom is 0.340 e. The molecule has 1 heterocycles. The van der Waals surface area contributed by atoms with E-state index in [1.54, 1.807) is 0 Å². The lowest BCUT2D eigenvalue weighted by atomic mass is 9.98. The van der Waals surface area contributed by atoms with Gasteiger partial charge in [0.25, 0.3) is 11.4 Å². The Labute approximate surface area is 183 Å². The fourth-order valence-electron chi connectivity index (χ4n) is 3.56. The number of hydrogen-bond acceptors (Lipinski definition) is 8. The van der Waals surface area contributed by atoms with Crippen LogP contribution in [0.25, 0.3) is 0 Å². The molecule has 32 heavy (non-hydrogen) atoms. The fourth-order valence-corrected chi connectivity index (χ4v) is 3.56. The molecule has 2 N–H and O–H groups in total. The van der Waals surface area contributed by atoms with Gasteiger partial charge in [0.15, 0.2) is 0 Å². The highest BCUT2D eigenvalue weighted by Gasteiger charge is 2.25. The van der Waals surface area contributed by atoms with Crippen LogP contribution in [-0.4, -0.2) is 34.8 Å². The summed E-state index contributed by atoms with van der Waals surface area (Å²) in [5.74, 6) is -1.12. The first kappa shape index (κ1) is 22.7. The van der Waals surface area contributed by atoms with Gasteiger partial charge in [0.05, 0.1) is 26.7 Å². The molecular weight excluding hydrogens is 420 g/mol. The van der Waals surface area contributed by atoms with Gasteiger partial charge in [-0.1, -0.05) is 6.92 Å². The van der Waals surface area contributed by atoms with Crippen molar-refractivity contribution in [3.8, 4) is 0 Å². The van der Waals surface area contributed by atoms with E-state index in [1.165, 1.54) is 24.3 Å². The Hall–Kier alpha value is -4.02. The first-order valence-corrected chi connectivity index (χ1v) is 9.95. The van der Waals surface area contributed by atoms with Crippen LogP contribution in [-0.2, 0) is 11.3 Å². The highest BCUT2D eigenvalue weighted by Crippen LogP contribution is 2.30. The van der Waals surface area contributed by atoms with Gasteiger partial charge < -0.3 is 15.4 Å². The van der Waals surface area contributed by atoms with Crippen LogP contribution in [0, 0.1) is 26.1 Å². The van der Waals surface area contributed by atoms with E-state index in [4.69, 9.17) is 10.5 Å². The van der Waals surface area contributed by atoms with E-state index in [2.05, 4.69) is 6.92 Å². The van der Waals surface area contributed by atoms with Crippen LogP contribution in [0.5, 0.6) is 0 Å². The van der Waals surface area contributed by atoms with E-state index in [0.29, 0.717) is 24.7 Å². The van der Waals surface area contributed by atoms with Crippen molar-refractivity contribution in [2.45, 2.75) is 26.4 Å². The molecule has 0 unspecified atom stereocenters. The zero-order valence-electron chi connectivity index (χ0n) is 17.4. The number of nitrogens with two attached hydrogens (primary N) is 1. The number of nitro benzene ring substituents is 2. The van der Waals surface area contributed by atoms with Crippen LogP contribution in [0.15, 0.2) is 36.4 Å². The summed E-state index contributed by atoms with van der Waals surface area (Å²) in [6.07, 6.45) is 1.84. The van der Waals surface area contributed by atoms with Crippen LogP contribution in [0.2, 0.25) is 0 Å². The molecule has 0 atom stereocenters. The van der Waals surface area contributed by atoms with Gasteiger partial charge in [0, 0.05) is 36.9 Å². The summed E-state index contributed by atoms with van der Waals surface area (Å²) in [5, 5.41) is 22.6. The second-order valence-corrected chi connectivity index (χ2v) is 7.67. The third-order valence-electron chi connectivity index (χ3n) is 5.46. The van der Waals surface area contributed by atoms with Crippen molar-refractivity contribution in [2.75, 3.05) is 18.0 Å². The summed E-state index contributed by atoms with van der Waals surface area (Å²) in [5.41, 5.74) is 5.03. The molecule has 168 valence electrons. The number of amides is 1. The molecule has 1 fully saturated rings. The monoisotopic (exact) mass is 442 g/mol. The fraction of sp³-hybridized carbons (Fsp3) is 0.333. The molecule has 2 aromatic rings. The minimum absolute atomic E-state index is 0.0187. The largest absolute Gasteiger partial charge is 0.457 e. The molecule has 2 aromatic carbocycles. The van der Waals surface area contributed by atoms with Gasteiger partial charge in [-0.15, -0.1) is 0 Å². The number of carbonyl (C=O) groups excluding carboxylic acids is 2. The van der Waals surface area contributed by atoms with Gasteiger partial charge in [-0.3, -0.25) is 25.0 Å².